The van der Waals surface area contributed by atoms with Crippen molar-refractivity contribution in [3.05, 3.63) is 23.9 Å². The summed E-state index contributed by atoms with van der Waals surface area (Å²) in [5, 5.41) is 8.44. The van der Waals surface area contributed by atoms with Gasteiger partial charge in [-0.1, -0.05) is 12.8 Å². The summed E-state index contributed by atoms with van der Waals surface area (Å²) in [6.07, 6.45) is 5.24. The van der Waals surface area contributed by atoms with Gasteiger partial charge in [0.25, 0.3) is 0 Å². The third kappa shape index (κ3) is 1.87. The van der Waals surface area contributed by atoms with Crippen LogP contribution in [0.1, 0.15) is 44.1 Å². The molecule has 1 aliphatic rings. The van der Waals surface area contributed by atoms with Crippen LogP contribution in [0.15, 0.2) is 12.4 Å². The Bertz CT molecular complexity index is 644. The number of hydrogen-bond acceptors (Lipinski definition) is 5. The second-order valence-electron chi connectivity index (χ2n) is 5.29. The summed E-state index contributed by atoms with van der Waals surface area (Å²) in [5.74, 6) is 0.475. The van der Waals surface area contributed by atoms with Crippen LogP contribution >= 0.6 is 0 Å². The van der Waals surface area contributed by atoms with Crippen molar-refractivity contribution in [2.45, 2.75) is 44.9 Å². The first-order valence-electron chi connectivity index (χ1n) is 7.02. The molecule has 2 heterocycles. The highest BCUT2D eigenvalue weighted by molar-refractivity contribution is 5.82. The minimum atomic E-state index is -0.660. The fraction of sp³-hybridized carbons (Fsp3) is 0.571. The molecule has 0 amide bonds. The molecule has 6 heteroatoms. The minimum absolute atomic E-state index is 0.188. The van der Waals surface area contributed by atoms with Gasteiger partial charge >= 0.3 is 5.97 Å². The van der Waals surface area contributed by atoms with E-state index in [1.807, 2.05) is 24.3 Å². The number of aryl methyl sites for hydroxylation is 1. The molecule has 0 aliphatic heterocycles. The number of carbonyl (C=O) groups excluding carboxylic acids is 1. The van der Waals surface area contributed by atoms with Crippen LogP contribution in [-0.4, -0.2) is 32.2 Å². The lowest BCUT2D eigenvalue weighted by Gasteiger charge is -2.24. The van der Waals surface area contributed by atoms with Crippen molar-refractivity contribution in [3.8, 4) is 0 Å². The van der Waals surface area contributed by atoms with Crippen LogP contribution in [0, 0.1) is 6.92 Å². The van der Waals surface area contributed by atoms with Crippen molar-refractivity contribution >= 4 is 11.6 Å². The third-order valence-electron chi connectivity index (χ3n) is 3.99. The molecule has 0 N–H and O–H groups in total. The second-order valence-corrected chi connectivity index (χ2v) is 5.29. The van der Waals surface area contributed by atoms with Gasteiger partial charge in [-0.15, -0.1) is 10.2 Å². The maximum absolute atomic E-state index is 12.5. The molecular formula is C14H18N4O2. The largest absolute Gasteiger partial charge is 0.465 e. The summed E-state index contributed by atoms with van der Waals surface area (Å²) in [6.45, 7) is 4.12. The van der Waals surface area contributed by atoms with Gasteiger partial charge in [0.05, 0.1) is 6.61 Å². The first-order valence-corrected chi connectivity index (χ1v) is 7.02. The maximum Gasteiger partial charge on any atom is 0.319 e. The highest BCUT2D eigenvalue weighted by Crippen LogP contribution is 2.41. The molecule has 0 radical (unpaired) electrons. The molecule has 0 atom stereocenters. The van der Waals surface area contributed by atoms with Gasteiger partial charge in [0.2, 0.25) is 0 Å². The van der Waals surface area contributed by atoms with Crippen LogP contribution in [0.5, 0.6) is 0 Å². The molecule has 2 aromatic rings. The number of rotatable bonds is 3. The van der Waals surface area contributed by atoms with Crippen LogP contribution in [0.2, 0.25) is 0 Å². The monoisotopic (exact) mass is 274 g/mol. The topological polar surface area (TPSA) is 69.4 Å². The van der Waals surface area contributed by atoms with Gasteiger partial charge in [-0.05, 0) is 26.7 Å². The fourth-order valence-electron chi connectivity index (χ4n) is 2.98. The van der Waals surface area contributed by atoms with E-state index >= 15 is 0 Å². The summed E-state index contributed by atoms with van der Waals surface area (Å²) < 4.78 is 7.10. The van der Waals surface area contributed by atoms with Crippen molar-refractivity contribution < 1.29 is 9.53 Å². The smallest absolute Gasteiger partial charge is 0.319 e. The Kier molecular flexibility index (Phi) is 3.16. The quantitative estimate of drug-likeness (QED) is 0.798. The summed E-state index contributed by atoms with van der Waals surface area (Å²) in [4.78, 5) is 16.7. The molecule has 1 fully saturated rings. The number of aromatic nitrogens is 4. The van der Waals surface area contributed by atoms with Gasteiger partial charge in [-0.3, -0.25) is 9.20 Å². The Morgan fingerprint density at radius 1 is 1.40 bits per heavy atom. The van der Waals surface area contributed by atoms with Gasteiger partial charge in [0.15, 0.2) is 11.5 Å². The Balaban J connectivity index is 2.12. The lowest BCUT2D eigenvalue weighted by atomic mass is 9.85. The Morgan fingerprint density at radius 3 is 2.85 bits per heavy atom. The van der Waals surface area contributed by atoms with Gasteiger partial charge in [-0.25, -0.2) is 4.98 Å². The van der Waals surface area contributed by atoms with E-state index in [0.717, 1.165) is 37.0 Å². The third-order valence-corrected chi connectivity index (χ3v) is 3.99. The predicted molar refractivity (Wildman–Crippen MR) is 72.3 cm³/mol. The second kappa shape index (κ2) is 4.85. The Morgan fingerprint density at radius 2 is 2.15 bits per heavy atom. The molecule has 0 bridgehead atoms. The van der Waals surface area contributed by atoms with E-state index in [4.69, 9.17) is 4.74 Å². The standard InChI is InChI=1S/C14H18N4O2/c1-3-20-13(19)14(6-4-5-7-14)12-17-16-11-8-10(2)15-9-18(11)12/h8-9H,3-7H2,1-2H3. The van der Waals surface area contributed by atoms with E-state index in [-0.39, 0.29) is 5.97 Å². The van der Waals surface area contributed by atoms with E-state index in [1.165, 1.54) is 0 Å². The highest BCUT2D eigenvalue weighted by atomic mass is 16.5. The molecule has 6 nitrogen and oxygen atoms in total. The summed E-state index contributed by atoms with van der Waals surface area (Å²) >= 11 is 0. The Labute approximate surface area is 117 Å². The molecule has 20 heavy (non-hydrogen) atoms. The number of carbonyl (C=O) groups is 1. The van der Waals surface area contributed by atoms with Crippen LogP contribution < -0.4 is 0 Å². The number of ether oxygens (including phenoxy) is 1. The molecule has 3 rings (SSSR count). The van der Waals surface area contributed by atoms with Crippen molar-refractivity contribution in [1.82, 2.24) is 19.6 Å². The number of hydrogen-bond donors (Lipinski definition) is 0. The van der Waals surface area contributed by atoms with E-state index < -0.39 is 5.41 Å². The highest BCUT2D eigenvalue weighted by Gasteiger charge is 2.47. The van der Waals surface area contributed by atoms with E-state index in [0.29, 0.717) is 12.4 Å². The first-order chi connectivity index (χ1) is 9.67. The van der Waals surface area contributed by atoms with E-state index in [1.54, 1.807) is 6.33 Å². The number of fused-ring (bicyclic) bond motifs is 1. The number of nitrogens with zero attached hydrogens (tertiary/aromatic N) is 4. The predicted octanol–water partition coefficient (Wildman–Crippen LogP) is 1.81. The lowest BCUT2D eigenvalue weighted by Crippen LogP contribution is -2.36. The molecular weight excluding hydrogens is 256 g/mol. The molecule has 0 spiro atoms. The molecule has 0 saturated heterocycles. The van der Waals surface area contributed by atoms with Gasteiger partial charge < -0.3 is 4.74 Å². The fourth-order valence-corrected chi connectivity index (χ4v) is 2.98. The lowest BCUT2D eigenvalue weighted by molar-refractivity contribution is -0.150. The molecule has 1 aliphatic carbocycles. The zero-order valence-electron chi connectivity index (χ0n) is 11.8. The average Bonchev–Trinajstić information content (AvgIpc) is 3.05. The Hall–Kier alpha value is -1.98. The summed E-state index contributed by atoms with van der Waals surface area (Å²) in [5.41, 5.74) is 0.947. The van der Waals surface area contributed by atoms with Crippen LogP contribution in [0.4, 0.5) is 0 Å². The summed E-state index contributed by atoms with van der Waals surface area (Å²) in [6, 6.07) is 1.87. The molecule has 0 unspecified atom stereocenters. The van der Waals surface area contributed by atoms with Crippen molar-refractivity contribution in [2.24, 2.45) is 0 Å². The zero-order chi connectivity index (χ0) is 14.2. The number of esters is 1. The van der Waals surface area contributed by atoms with Crippen molar-refractivity contribution in [1.29, 1.82) is 0 Å². The normalized spacial score (nSPS) is 17.5. The van der Waals surface area contributed by atoms with Gasteiger partial charge in [0, 0.05) is 11.8 Å². The summed E-state index contributed by atoms with van der Waals surface area (Å²) in [7, 11) is 0. The van der Waals surface area contributed by atoms with Gasteiger partial charge in [-0.2, -0.15) is 0 Å². The maximum atomic E-state index is 12.5. The van der Waals surface area contributed by atoms with E-state index in [9.17, 15) is 4.79 Å². The molecule has 1 saturated carbocycles. The van der Waals surface area contributed by atoms with E-state index in [2.05, 4.69) is 15.2 Å². The van der Waals surface area contributed by atoms with Crippen molar-refractivity contribution in [3.63, 3.8) is 0 Å². The van der Waals surface area contributed by atoms with Crippen molar-refractivity contribution in [2.75, 3.05) is 6.61 Å². The average molecular weight is 274 g/mol. The zero-order valence-corrected chi connectivity index (χ0v) is 11.8. The van der Waals surface area contributed by atoms with Crippen LogP contribution in [0.25, 0.3) is 5.65 Å². The molecule has 106 valence electrons. The molecule has 2 aromatic heterocycles. The first kappa shape index (κ1) is 13.0. The van der Waals surface area contributed by atoms with Crippen LogP contribution in [0.3, 0.4) is 0 Å². The minimum Gasteiger partial charge on any atom is -0.465 e. The van der Waals surface area contributed by atoms with Crippen LogP contribution in [-0.2, 0) is 14.9 Å². The SMILES string of the molecule is CCOC(=O)C1(c2nnc3cc(C)ncn23)CCCC1. The van der Waals surface area contributed by atoms with Gasteiger partial charge in [0.1, 0.15) is 11.7 Å². The molecule has 0 aromatic carbocycles.